The standard InChI is InChI=1S/C14H11Cl2N3S/c15-11-4-3-10(6-12(11)16)17-7-9-8-18-19-14(9)13-2-1-5-20-13/h1-6,8,17H,7H2,(H,18,19). The van der Waals surface area contributed by atoms with E-state index in [-0.39, 0.29) is 0 Å². The highest BCUT2D eigenvalue weighted by Gasteiger charge is 2.08. The number of benzene rings is 1. The molecule has 2 aromatic heterocycles. The zero-order valence-corrected chi connectivity index (χ0v) is 12.7. The average Bonchev–Trinajstić information content (AvgIpc) is 3.09. The Bertz CT molecular complexity index is 707. The summed E-state index contributed by atoms with van der Waals surface area (Å²) < 4.78 is 0. The summed E-state index contributed by atoms with van der Waals surface area (Å²) in [5, 5.41) is 13.6. The van der Waals surface area contributed by atoms with Crippen LogP contribution in [0.2, 0.25) is 10.0 Å². The number of halogens is 2. The maximum absolute atomic E-state index is 6.00. The molecular weight excluding hydrogens is 313 g/mol. The molecule has 0 spiro atoms. The van der Waals surface area contributed by atoms with E-state index in [1.807, 2.05) is 29.8 Å². The van der Waals surface area contributed by atoms with Crippen LogP contribution in [0.5, 0.6) is 0 Å². The molecule has 0 unspecified atom stereocenters. The molecule has 0 fully saturated rings. The van der Waals surface area contributed by atoms with Crippen LogP contribution in [0.15, 0.2) is 41.9 Å². The lowest BCUT2D eigenvalue weighted by molar-refractivity contribution is 1.10. The summed E-state index contributed by atoms with van der Waals surface area (Å²) in [6, 6.07) is 9.59. The van der Waals surface area contributed by atoms with Gasteiger partial charge in [-0.15, -0.1) is 11.3 Å². The fraction of sp³-hybridized carbons (Fsp3) is 0.0714. The molecule has 3 aromatic rings. The number of nitrogens with zero attached hydrogens (tertiary/aromatic N) is 1. The predicted molar refractivity (Wildman–Crippen MR) is 85.7 cm³/mol. The number of aromatic amines is 1. The molecule has 3 nitrogen and oxygen atoms in total. The van der Waals surface area contributed by atoms with Gasteiger partial charge >= 0.3 is 0 Å². The van der Waals surface area contributed by atoms with E-state index in [9.17, 15) is 0 Å². The Morgan fingerprint density at radius 3 is 2.85 bits per heavy atom. The van der Waals surface area contributed by atoms with Crippen molar-refractivity contribution >= 4 is 40.2 Å². The highest BCUT2D eigenvalue weighted by Crippen LogP contribution is 2.28. The van der Waals surface area contributed by atoms with E-state index in [1.165, 1.54) is 4.88 Å². The van der Waals surface area contributed by atoms with Gasteiger partial charge in [0.25, 0.3) is 0 Å². The molecule has 0 saturated carbocycles. The number of thiophene rings is 1. The number of H-pyrrole nitrogens is 1. The second kappa shape index (κ2) is 5.87. The van der Waals surface area contributed by atoms with Crippen LogP contribution >= 0.6 is 34.5 Å². The Labute approximate surface area is 130 Å². The van der Waals surface area contributed by atoms with Crippen molar-refractivity contribution in [3.63, 3.8) is 0 Å². The lowest BCUT2D eigenvalue weighted by Crippen LogP contribution is -1.99. The van der Waals surface area contributed by atoms with Gasteiger partial charge in [0.05, 0.1) is 26.8 Å². The summed E-state index contributed by atoms with van der Waals surface area (Å²) in [5.74, 6) is 0. The van der Waals surface area contributed by atoms with Gasteiger partial charge in [0.15, 0.2) is 0 Å². The van der Waals surface area contributed by atoms with E-state index >= 15 is 0 Å². The van der Waals surface area contributed by atoms with Crippen molar-refractivity contribution in [3.8, 4) is 10.6 Å². The van der Waals surface area contributed by atoms with Crippen LogP contribution < -0.4 is 5.32 Å². The molecule has 3 rings (SSSR count). The van der Waals surface area contributed by atoms with Crippen LogP contribution in [0, 0.1) is 0 Å². The van der Waals surface area contributed by atoms with Gasteiger partial charge < -0.3 is 5.32 Å². The van der Waals surface area contributed by atoms with Gasteiger partial charge in [-0.3, -0.25) is 5.10 Å². The highest BCUT2D eigenvalue weighted by atomic mass is 35.5. The van der Waals surface area contributed by atoms with Gasteiger partial charge in [-0.25, -0.2) is 0 Å². The van der Waals surface area contributed by atoms with Gasteiger partial charge in [0.2, 0.25) is 0 Å². The van der Waals surface area contributed by atoms with Crippen LogP contribution in [-0.2, 0) is 6.54 Å². The van der Waals surface area contributed by atoms with E-state index in [0.29, 0.717) is 16.6 Å². The number of nitrogens with one attached hydrogen (secondary N) is 2. The second-order valence-corrected chi connectivity index (χ2v) is 5.99. The number of aromatic nitrogens is 2. The summed E-state index contributed by atoms with van der Waals surface area (Å²) >= 11 is 13.6. The summed E-state index contributed by atoms with van der Waals surface area (Å²) in [6.45, 7) is 0.668. The van der Waals surface area contributed by atoms with Gasteiger partial charge in [-0.05, 0) is 29.6 Å². The zero-order valence-electron chi connectivity index (χ0n) is 10.4. The Morgan fingerprint density at radius 1 is 1.20 bits per heavy atom. The van der Waals surface area contributed by atoms with Crippen molar-refractivity contribution in [2.45, 2.75) is 6.54 Å². The Hall–Kier alpha value is -1.49. The van der Waals surface area contributed by atoms with Crippen LogP contribution in [0.1, 0.15) is 5.56 Å². The molecule has 1 aromatic carbocycles. The minimum Gasteiger partial charge on any atom is -0.381 e. The van der Waals surface area contributed by atoms with Gasteiger partial charge in [0, 0.05) is 17.8 Å². The van der Waals surface area contributed by atoms with E-state index in [2.05, 4.69) is 21.6 Å². The molecule has 0 radical (unpaired) electrons. The SMILES string of the molecule is Clc1ccc(NCc2cn[nH]c2-c2cccs2)cc1Cl. The van der Waals surface area contributed by atoms with Crippen molar-refractivity contribution < 1.29 is 0 Å². The van der Waals surface area contributed by atoms with Crippen LogP contribution in [0.3, 0.4) is 0 Å². The third-order valence-electron chi connectivity index (χ3n) is 2.89. The van der Waals surface area contributed by atoms with Crippen LogP contribution in [0.25, 0.3) is 10.6 Å². The predicted octanol–water partition coefficient (Wildman–Crippen LogP) is 5.06. The summed E-state index contributed by atoms with van der Waals surface area (Å²) in [5.41, 5.74) is 3.09. The monoisotopic (exact) mass is 323 g/mol. The molecule has 6 heteroatoms. The van der Waals surface area contributed by atoms with Crippen molar-refractivity contribution in [2.24, 2.45) is 0 Å². The molecular formula is C14H11Cl2N3S. The molecule has 0 aliphatic heterocycles. The minimum atomic E-state index is 0.544. The van der Waals surface area contributed by atoms with Crippen LogP contribution in [0.4, 0.5) is 5.69 Å². The zero-order chi connectivity index (χ0) is 13.9. The fourth-order valence-electron chi connectivity index (χ4n) is 1.88. The quantitative estimate of drug-likeness (QED) is 0.704. The van der Waals surface area contributed by atoms with Crippen molar-refractivity contribution in [1.82, 2.24) is 10.2 Å². The molecule has 0 saturated heterocycles. The number of rotatable bonds is 4. The van der Waals surface area contributed by atoms with Crippen molar-refractivity contribution in [1.29, 1.82) is 0 Å². The fourth-order valence-corrected chi connectivity index (χ4v) is 2.94. The number of hydrogen-bond donors (Lipinski definition) is 2. The minimum absolute atomic E-state index is 0.544. The molecule has 20 heavy (non-hydrogen) atoms. The van der Waals surface area contributed by atoms with Crippen molar-refractivity contribution in [3.05, 3.63) is 57.5 Å². The third kappa shape index (κ3) is 2.82. The van der Waals surface area contributed by atoms with Gasteiger partial charge in [-0.2, -0.15) is 5.10 Å². The van der Waals surface area contributed by atoms with Gasteiger partial charge in [0.1, 0.15) is 0 Å². The first-order valence-corrected chi connectivity index (χ1v) is 7.62. The van der Waals surface area contributed by atoms with Crippen LogP contribution in [-0.4, -0.2) is 10.2 Å². The molecule has 0 bridgehead atoms. The molecule has 0 aliphatic rings. The number of anilines is 1. The third-order valence-corrected chi connectivity index (χ3v) is 4.51. The first-order valence-electron chi connectivity index (χ1n) is 5.99. The van der Waals surface area contributed by atoms with Crippen molar-refractivity contribution in [2.75, 3.05) is 5.32 Å². The lowest BCUT2D eigenvalue weighted by Gasteiger charge is -2.07. The van der Waals surface area contributed by atoms with E-state index in [1.54, 1.807) is 17.4 Å². The molecule has 0 aliphatic carbocycles. The lowest BCUT2D eigenvalue weighted by atomic mass is 10.2. The smallest absolute Gasteiger partial charge is 0.0799 e. The maximum Gasteiger partial charge on any atom is 0.0799 e. The molecule has 102 valence electrons. The normalized spacial score (nSPS) is 10.7. The maximum atomic E-state index is 6.00. The summed E-state index contributed by atoms with van der Waals surface area (Å²) in [6.07, 6.45) is 1.83. The van der Waals surface area contributed by atoms with Gasteiger partial charge in [-0.1, -0.05) is 29.3 Å². The molecule has 2 N–H and O–H groups in total. The molecule has 0 atom stereocenters. The Balaban J connectivity index is 1.76. The molecule has 0 amide bonds. The van der Waals surface area contributed by atoms with E-state index in [4.69, 9.17) is 23.2 Å². The summed E-state index contributed by atoms with van der Waals surface area (Å²) in [4.78, 5) is 1.17. The number of hydrogen-bond acceptors (Lipinski definition) is 3. The van der Waals surface area contributed by atoms with E-state index in [0.717, 1.165) is 16.9 Å². The highest BCUT2D eigenvalue weighted by molar-refractivity contribution is 7.13. The Kier molecular flexibility index (Phi) is 3.96. The topological polar surface area (TPSA) is 40.7 Å². The first kappa shape index (κ1) is 13.5. The Morgan fingerprint density at radius 2 is 2.10 bits per heavy atom. The molecule has 2 heterocycles. The van der Waals surface area contributed by atoms with E-state index < -0.39 is 0 Å². The largest absolute Gasteiger partial charge is 0.381 e. The first-order chi connectivity index (χ1) is 9.74. The summed E-state index contributed by atoms with van der Waals surface area (Å²) in [7, 11) is 0. The average molecular weight is 324 g/mol. The second-order valence-electron chi connectivity index (χ2n) is 4.23.